The molecule has 2 nitrogen and oxygen atoms in total. The Kier molecular flexibility index (Phi) is 4.16. The third-order valence-corrected chi connectivity index (χ3v) is 4.78. The Morgan fingerprint density at radius 3 is 2.13 bits per heavy atom. The van der Waals surface area contributed by atoms with E-state index in [0.717, 1.165) is 24.8 Å². The molecule has 1 saturated carbocycles. The van der Waals surface area contributed by atoms with E-state index < -0.39 is 17.2 Å². The van der Waals surface area contributed by atoms with Crippen LogP contribution in [-0.2, 0) is 10.2 Å². The number of carbonyl (C=O) groups is 1. The highest BCUT2D eigenvalue weighted by Gasteiger charge is 2.43. The molecule has 120 valence electrons. The van der Waals surface area contributed by atoms with Crippen LogP contribution in [0.4, 0.5) is 8.78 Å². The van der Waals surface area contributed by atoms with Crippen LogP contribution in [0.15, 0.2) is 42.5 Å². The highest BCUT2D eigenvalue weighted by atomic mass is 19.1. The van der Waals surface area contributed by atoms with Crippen molar-refractivity contribution in [3.05, 3.63) is 59.7 Å². The lowest BCUT2D eigenvalue weighted by Gasteiger charge is -2.34. The number of carboxylic acids is 1. The maximum atomic E-state index is 14.4. The fraction of sp³-hybridized carbons (Fsp3) is 0.316. The summed E-state index contributed by atoms with van der Waals surface area (Å²) in [7, 11) is 0. The van der Waals surface area contributed by atoms with Crippen LogP contribution < -0.4 is 0 Å². The molecule has 0 unspecified atom stereocenters. The second-order valence-electron chi connectivity index (χ2n) is 6.15. The molecule has 3 rings (SSSR count). The van der Waals surface area contributed by atoms with Gasteiger partial charge in [-0.3, -0.25) is 4.79 Å². The molecule has 1 aliphatic rings. The number of hydrogen-bond donors (Lipinski definition) is 1. The van der Waals surface area contributed by atoms with Crippen molar-refractivity contribution in [2.75, 3.05) is 0 Å². The molecule has 0 atom stereocenters. The summed E-state index contributed by atoms with van der Waals surface area (Å²) in [6.45, 7) is 0. The van der Waals surface area contributed by atoms with Crippen molar-refractivity contribution in [2.24, 2.45) is 0 Å². The third kappa shape index (κ3) is 2.85. The number of halogens is 2. The smallest absolute Gasteiger partial charge is 0.314 e. The molecular formula is C19H18F2O2. The second-order valence-corrected chi connectivity index (χ2v) is 6.15. The van der Waals surface area contributed by atoms with Gasteiger partial charge in [0.25, 0.3) is 0 Å². The first kappa shape index (κ1) is 15.7. The van der Waals surface area contributed by atoms with Crippen molar-refractivity contribution in [3.8, 4) is 11.1 Å². The van der Waals surface area contributed by atoms with Crippen molar-refractivity contribution >= 4 is 5.97 Å². The lowest BCUT2D eigenvalue weighted by atomic mass is 9.69. The van der Waals surface area contributed by atoms with Gasteiger partial charge in [-0.2, -0.15) is 0 Å². The normalized spacial score (nSPS) is 17.0. The zero-order valence-electron chi connectivity index (χ0n) is 12.7. The minimum atomic E-state index is -1.15. The molecule has 1 N–H and O–H groups in total. The first-order valence-corrected chi connectivity index (χ1v) is 7.82. The zero-order valence-corrected chi connectivity index (χ0v) is 12.7. The summed E-state index contributed by atoms with van der Waals surface area (Å²) in [6, 6.07) is 10.4. The molecule has 0 amide bonds. The molecule has 23 heavy (non-hydrogen) atoms. The molecule has 0 radical (unpaired) electrons. The molecule has 0 heterocycles. The maximum Gasteiger partial charge on any atom is 0.314 e. The van der Waals surface area contributed by atoms with Crippen LogP contribution in [0.3, 0.4) is 0 Å². The SMILES string of the molecule is O=C(O)C1(c2cc(-c3ccc(F)cc3)ccc2F)CCCCC1. The Morgan fingerprint density at radius 1 is 0.913 bits per heavy atom. The molecule has 1 fully saturated rings. The second kappa shape index (κ2) is 6.11. The quantitative estimate of drug-likeness (QED) is 0.873. The Morgan fingerprint density at radius 2 is 1.52 bits per heavy atom. The van der Waals surface area contributed by atoms with E-state index in [9.17, 15) is 18.7 Å². The molecule has 4 heteroatoms. The number of rotatable bonds is 3. The highest BCUT2D eigenvalue weighted by Crippen LogP contribution is 2.42. The van der Waals surface area contributed by atoms with Gasteiger partial charge in [0.1, 0.15) is 11.6 Å². The summed E-state index contributed by atoms with van der Waals surface area (Å²) >= 11 is 0. The van der Waals surface area contributed by atoms with E-state index >= 15 is 0 Å². The summed E-state index contributed by atoms with van der Waals surface area (Å²) in [5.41, 5.74) is 0.529. The van der Waals surface area contributed by atoms with Gasteiger partial charge in [0.2, 0.25) is 0 Å². The van der Waals surface area contributed by atoms with E-state index in [4.69, 9.17) is 0 Å². The van der Waals surface area contributed by atoms with E-state index in [1.807, 2.05) is 0 Å². The molecule has 0 aromatic heterocycles. The average Bonchev–Trinajstić information content (AvgIpc) is 2.56. The third-order valence-electron chi connectivity index (χ3n) is 4.78. The van der Waals surface area contributed by atoms with E-state index in [0.29, 0.717) is 18.4 Å². The molecule has 2 aromatic carbocycles. The number of aliphatic carboxylic acids is 1. The zero-order chi connectivity index (χ0) is 16.4. The lowest BCUT2D eigenvalue weighted by molar-refractivity contribution is -0.145. The van der Waals surface area contributed by atoms with Crippen molar-refractivity contribution < 1.29 is 18.7 Å². The Hall–Kier alpha value is -2.23. The molecule has 2 aromatic rings. The standard InChI is InChI=1S/C19H18F2O2/c20-15-7-4-13(5-8-15)14-6-9-17(21)16(12-14)19(18(22)23)10-2-1-3-11-19/h4-9,12H,1-3,10-11H2,(H,22,23). The summed E-state index contributed by atoms with van der Waals surface area (Å²) in [4.78, 5) is 11.9. The predicted molar refractivity (Wildman–Crippen MR) is 84.2 cm³/mol. The lowest BCUT2D eigenvalue weighted by Crippen LogP contribution is -2.38. The Balaban J connectivity index is 2.09. The first-order valence-electron chi connectivity index (χ1n) is 7.82. The van der Waals surface area contributed by atoms with Crippen LogP contribution in [0, 0.1) is 11.6 Å². The molecule has 0 bridgehead atoms. The Bertz CT molecular complexity index is 717. The molecule has 1 aliphatic carbocycles. The summed E-state index contributed by atoms with van der Waals surface area (Å²) in [6.07, 6.45) is 3.45. The molecular weight excluding hydrogens is 298 g/mol. The summed E-state index contributed by atoms with van der Waals surface area (Å²) in [5, 5.41) is 9.75. The van der Waals surface area contributed by atoms with Crippen molar-refractivity contribution in [1.29, 1.82) is 0 Å². The van der Waals surface area contributed by atoms with Gasteiger partial charge in [-0.05, 0) is 48.2 Å². The molecule has 0 spiro atoms. The van der Waals surface area contributed by atoms with Crippen LogP contribution in [0.5, 0.6) is 0 Å². The van der Waals surface area contributed by atoms with Gasteiger partial charge in [0, 0.05) is 5.56 Å². The van der Waals surface area contributed by atoms with Gasteiger partial charge in [0.05, 0.1) is 5.41 Å². The van der Waals surface area contributed by atoms with Crippen LogP contribution in [0.1, 0.15) is 37.7 Å². The van der Waals surface area contributed by atoms with E-state index in [2.05, 4.69) is 0 Å². The Labute approximate surface area is 133 Å². The number of carboxylic acid groups (broad SMARTS) is 1. The minimum absolute atomic E-state index is 0.242. The number of hydrogen-bond acceptors (Lipinski definition) is 1. The monoisotopic (exact) mass is 316 g/mol. The average molecular weight is 316 g/mol. The van der Waals surface area contributed by atoms with Crippen LogP contribution in [0.2, 0.25) is 0 Å². The fourth-order valence-corrected chi connectivity index (χ4v) is 3.47. The largest absolute Gasteiger partial charge is 0.481 e. The van der Waals surface area contributed by atoms with Crippen molar-refractivity contribution in [2.45, 2.75) is 37.5 Å². The van der Waals surface area contributed by atoms with Gasteiger partial charge in [-0.1, -0.05) is 37.5 Å². The van der Waals surface area contributed by atoms with Crippen LogP contribution >= 0.6 is 0 Å². The van der Waals surface area contributed by atoms with Gasteiger partial charge < -0.3 is 5.11 Å². The van der Waals surface area contributed by atoms with Gasteiger partial charge in [-0.15, -0.1) is 0 Å². The van der Waals surface area contributed by atoms with Crippen molar-refractivity contribution in [1.82, 2.24) is 0 Å². The maximum absolute atomic E-state index is 14.4. The van der Waals surface area contributed by atoms with E-state index in [1.165, 1.54) is 18.2 Å². The van der Waals surface area contributed by atoms with Crippen LogP contribution in [0.25, 0.3) is 11.1 Å². The van der Waals surface area contributed by atoms with Gasteiger partial charge >= 0.3 is 5.97 Å². The van der Waals surface area contributed by atoms with Gasteiger partial charge in [-0.25, -0.2) is 8.78 Å². The minimum Gasteiger partial charge on any atom is -0.481 e. The topological polar surface area (TPSA) is 37.3 Å². The fourth-order valence-electron chi connectivity index (χ4n) is 3.47. The summed E-state index contributed by atoms with van der Waals surface area (Å²) in [5.74, 6) is -1.79. The van der Waals surface area contributed by atoms with Crippen LogP contribution in [-0.4, -0.2) is 11.1 Å². The first-order chi connectivity index (χ1) is 11.0. The highest BCUT2D eigenvalue weighted by molar-refractivity contribution is 5.82. The molecule has 0 aliphatic heterocycles. The number of benzene rings is 2. The van der Waals surface area contributed by atoms with Gasteiger partial charge in [0.15, 0.2) is 0 Å². The van der Waals surface area contributed by atoms with E-state index in [-0.39, 0.29) is 11.4 Å². The van der Waals surface area contributed by atoms with E-state index in [1.54, 1.807) is 24.3 Å². The predicted octanol–water partition coefficient (Wildman–Crippen LogP) is 4.92. The molecule has 0 saturated heterocycles. The summed E-state index contributed by atoms with van der Waals surface area (Å²) < 4.78 is 27.5. The van der Waals surface area contributed by atoms with Crippen molar-refractivity contribution in [3.63, 3.8) is 0 Å².